The smallest absolute Gasteiger partial charge is 0.254 e. The minimum absolute atomic E-state index is 0.103. The number of pyridine rings is 1. The maximum atomic E-state index is 13.2. The fourth-order valence-electron chi connectivity index (χ4n) is 3.16. The Bertz CT molecular complexity index is 1010. The molecular weight excluding hydrogens is 355 g/mol. The molecule has 3 heterocycles. The number of H-pyrrole nitrogens is 1. The van der Waals surface area contributed by atoms with Crippen molar-refractivity contribution in [2.45, 2.75) is 19.5 Å². The van der Waals surface area contributed by atoms with E-state index in [0.29, 0.717) is 30.4 Å². The molecule has 1 N–H and O–H groups in total. The summed E-state index contributed by atoms with van der Waals surface area (Å²) < 4.78 is 13.2. The second-order valence-electron chi connectivity index (χ2n) is 6.28. The summed E-state index contributed by atoms with van der Waals surface area (Å²) >= 11 is 6.14. The fraction of sp³-hybridized carbons (Fsp3) is 0.211. The Morgan fingerprint density at radius 3 is 2.96 bits per heavy atom. The minimum atomic E-state index is -0.350. The van der Waals surface area contributed by atoms with E-state index >= 15 is 0 Å². The highest BCUT2D eigenvalue weighted by Crippen LogP contribution is 2.23. The molecule has 0 spiro atoms. The van der Waals surface area contributed by atoms with Crippen LogP contribution in [0.5, 0.6) is 0 Å². The monoisotopic (exact) mass is 370 g/mol. The number of aromatic amines is 1. The molecule has 3 aromatic rings. The lowest BCUT2D eigenvalue weighted by atomic mass is 10.1. The Kier molecular flexibility index (Phi) is 4.53. The van der Waals surface area contributed by atoms with Crippen molar-refractivity contribution in [3.05, 3.63) is 80.7 Å². The summed E-state index contributed by atoms with van der Waals surface area (Å²) in [7, 11) is 0. The predicted octanol–water partition coefficient (Wildman–Crippen LogP) is 3.18. The third-order valence-corrected chi connectivity index (χ3v) is 4.85. The van der Waals surface area contributed by atoms with E-state index in [1.165, 1.54) is 12.1 Å². The van der Waals surface area contributed by atoms with Crippen molar-refractivity contribution in [3.63, 3.8) is 0 Å². The molecule has 2 aromatic heterocycles. The van der Waals surface area contributed by atoms with Gasteiger partial charge in [0.2, 0.25) is 0 Å². The molecule has 0 radical (unpaired) electrons. The van der Waals surface area contributed by atoms with Gasteiger partial charge in [0, 0.05) is 48.2 Å². The van der Waals surface area contributed by atoms with Crippen LogP contribution in [0.1, 0.15) is 16.8 Å². The van der Waals surface area contributed by atoms with Crippen molar-refractivity contribution in [2.24, 2.45) is 0 Å². The predicted molar refractivity (Wildman–Crippen MR) is 97.3 cm³/mol. The van der Waals surface area contributed by atoms with Crippen LogP contribution >= 0.6 is 11.6 Å². The van der Waals surface area contributed by atoms with Gasteiger partial charge >= 0.3 is 0 Å². The summed E-state index contributed by atoms with van der Waals surface area (Å²) in [6.45, 7) is 1.84. The summed E-state index contributed by atoms with van der Waals surface area (Å²) in [5, 5.41) is 0.408. The van der Waals surface area contributed by atoms with Gasteiger partial charge in [0.1, 0.15) is 11.6 Å². The Morgan fingerprint density at radius 2 is 2.19 bits per heavy atom. The van der Waals surface area contributed by atoms with Crippen LogP contribution in [0.25, 0.3) is 11.4 Å². The Balaban J connectivity index is 1.61. The molecule has 0 unspecified atom stereocenters. The molecule has 1 aromatic carbocycles. The molecule has 1 aliphatic rings. The zero-order valence-electron chi connectivity index (χ0n) is 13.9. The first kappa shape index (κ1) is 16.9. The number of fused-ring (bicyclic) bond motifs is 1. The van der Waals surface area contributed by atoms with Crippen molar-refractivity contribution < 1.29 is 4.39 Å². The number of hydrogen-bond acceptors (Lipinski definition) is 4. The van der Waals surface area contributed by atoms with Gasteiger partial charge in [-0.25, -0.2) is 9.37 Å². The minimum Gasteiger partial charge on any atom is -0.306 e. The molecule has 7 heteroatoms. The summed E-state index contributed by atoms with van der Waals surface area (Å²) in [4.78, 5) is 26.1. The van der Waals surface area contributed by atoms with Crippen molar-refractivity contribution in [3.8, 4) is 11.4 Å². The third-order valence-electron chi connectivity index (χ3n) is 4.50. The number of nitrogens with zero attached hydrogens (tertiary/aromatic N) is 3. The van der Waals surface area contributed by atoms with Gasteiger partial charge in [-0.3, -0.25) is 14.7 Å². The molecule has 0 atom stereocenters. The normalized spacial score (nSPS) is 14.2. The first-order chi connectivity index (χ1) is 12.6. The number of rotatable bonds is 3. The van der Waals surface area contributed by atoms with Gasteiger partial charge in [-0.15, -0.1) is 0 Å². The van der Waals surface area contributed by atoms with Gasteiger partial charge in [0.05, 0.1) is 5.69 Å². The molecular formula is C19H16ClFN4O. The highest BCUT2D eigenvalue weighted by molar-refractivity contribution is 6.31. The van der Waals surface area contributed by atoms with E-state index in [1.807, 2.05) is 6.07 Å². The van der Waals surface area contributed by atoms with Crippen LogP contribution in [0.3, 0.4) is 0 Å². The van der Waals surface area contributed by atoms with Gasteiger partial charge in [0.25, 0.3) is 5.56 Å². The molecule has 4 rings (SSSR count). The molecule has 0 aliphatic carbocycles. The van der Waals surface area contributed by atoms with Crippen LogP contribution in [0.2, 0.25) is 5.02 Å². The van der Waals surface area contributed by atoms with Crippen LogP contribution in [0, 0.1) is 5.82 Å². The summed E-state index contributed by atoms with van der Waals surface area (Å²) in [5.41, 5.74) is 3.00. The average molecular weight is 371 g/mol. The van der Waals surface area contributed by atoms with E-state index in [-0.39, 0.29) is 11.4 Å². The topological polar surface area (TPSA) is 61.9 Å². The van der Waals surface area contributed by atoms with E-state index in [1.54, 1.807) is 24.5 Å². The van der Waals surface area contributed by atoms with Crippen molar-refractivity contribution in [1.82, 2.24) is 19.9 Å². The van der Waals surface area contributed by atoms with E-state index in [2.05, 4.69) is 19.9 Å². The van der Waals surface area contributed by atoms with Crippen LogP contribution in [-0.2, 0) is 19.5 Å². The molecule has 0 amide bonds. The van der Waals surface area contributed by atoms with E-state index in [4.69, 9.17) is 11.6 Å². The maximum absolute atomic E-state index is 13.2. The first-order valence-electron chi connectivity index (χ1n) is 8.29. The molecule has 0 fully saturated rings. The van der Waals surface area contributed by atoms with Gasteiger partial charge in [-0.2, -0.15) is 0 Å². The SMILES string of the molecule is O=c1[nH]c(-c2cccnc2)nc2c1CCN(Cc1ccc(F)cc1Cl)C2. The largest absolute Gasteiger partial charge is 0.306 e. The Labute approximate surface area is 154 Å². The maximum Gasteiger partial charge on any atom is 0.254 e. The van der Waals surface area contributed by atoms with Gasteiger partial charge in [-0.05, 0) is 36.2 Å². The van der Waals surface area contributed by atoms with Crippen LogP contribution < -0.4 is 5.56 Å². The van der Waals surface area contributed by atoms with Crippen LogP contribution in [-0.4, -0.2) is 26.4 Å². The van der Waals surface area contributed by atoms with E-state index in [0.717, 1.165) is 28.9 Å². The Hall–Kier alpha value is -2.57. The van der Waals surface area contributed by atoms with Crippen LogP contribution in [0.4, 0.5) is 4.39 Å². The number of aromatic nitrogens is 3. The zero-order chi connectivity index (χ0) is 18.1. The van der Waals surface area contributed by atoms with E-state index < -0.39 is 0 Å². The van der Waals surface area contributed by atoms with Gasteiger partial charge in [-0.1, -0.05) is 17.7 Å². The van der Waals surface area contributed by atoms with Crippen molar-refractivity contribution in [2.75, 3.05) is 6.54 Å². The number of halogens is 2. The van der Waals surface area contributed by atoms with Crippen LogP contribution in [0.15, 0.2) is 47.5 Å². The molecule has 132 valence electrons. The first-order valence-corrected chi connectivity index (χ1v) is 8.67. The van der Waals surface area contributed by atoms with E-state index in [9.17, 15) is 9.18 Å². The standard InChI is InChI=1S/C19H16ClFN4O/c20-16-8-14(21)4-3-13(16)10-25-7-5-15-17(11-25)23-18(24-19(15)26)12-2-1-6-22-9-12/h1-4,6,8-9H,5,7,10-11H2,(H,23,24,26). The quantitative estimate of drug-likeness (QED) is 0.769. The zero-order valence-corrected chi connectivity index (χ0v) is 14.6. The van der Waals surface area contributed by atoms with Gasteiger partial charge < -0.3 is 4.98 Å². The average Bonchev–Trinajstić information content (AvgIpc) is 2.64. The summed E-state index contributed by atoms with van der Waals surface area (Å²) in [6.07, 6.45) is 3.96. The lowest BCUT2D eigenvalue weighted by molar-refractivity contribution is 0.240. The highest BCUT2D eigenvalue weighted by atomic mass is 35.5. The third kappa shape index (κ3) is 3.38. The second kappa shape index (κ2) is 6.97. The summed E-state index contributed by atoms with van der Waals surface area (Å²) in [5.74, 6) is 0.167. The number of nitrogens with one attached hydrogen (secondary N) is 1. The Morgan fingerprint density at radius 1 is 1.31 bits per heavy atom. The molecule has 1 aliphatic heterocycles. The van der Waals surface area contributed by atoms with Crippen molar-refractivity contribution in [1.29, 1.82) is 0 Å². The lowest BCUT2D eigenvalue weighted by Gasteiger charge is -2.28. The van der Waals surface area contributed by atoms with Crippen molar-refractivity contribution >= 4 is 11.6 Å². The van der Waals surface area contributed by atoms with Gasteiger partial charge in [0.15, 0.2) is 0 Å². The summed E-state index contributed by atoms with van der Waals surface area (Å²) in [6, 6.07) is 8.08. The molecule has 0 bridgehead atoms. The number of hydrogen-bond donors (Lipinski definition) is 1. The molecule has 0 saturated heterocycles. The molecule has 26 heavy (non-hydrogen) atoms. The highest BCUT2D eigenvalue weighted by Gasteiger charge is 2.22. The molecule has 5 nitrogen and oxygen atoms in total. The second-order valence-corrected chi connectivity index (χ2v) is 6.69. The molecule has 0 saturated carbocycles. The lowest BCUT2D eigenvalue weighted by Crippen LogP contribution is -2.35. The number of benzene rings is 1. The fourth-order valence-corrected chi connectivity index (χ4v) is 3.39.